The van der Waals surface area contributed by atoms with Crippen LogP contribution < -0.4 is 0 Å². The van der Waals surface area contributed by atoms with E-state index in [0.717, 1.165) is 12.8 Å². The highest BCUT2D eigenvalue weighted by Crippen LogP contribution is 2.17. The molecular weight excluding hydrogens is 307 g/mol. The number of halogens is 1. The van der Waals surface area contributed by atoms with Crippen LogP contribution in [0.3, 0.4) is 0 Å². The van der Waals surface area contributed by atoms with Crippen LogP contribution in [0.15, 0.2) is 0 Å². The van der Waals surface area contributed by atoms with E-state index in [1.165, 1.54) is 25.7 Å². The molecule has 128 valence electrons. The predicted molar refractivity (Wildman–Crippen MR) is 88.2 cm³/mol. The smallest absolute Gasteiger partial charge is 0.369 e. The summed E-state index contributed by atoms with van der Waals surface area (Å²) in [5.41, 5.74) is 0. The molecule has 1 unspecified atom stereocenters. The van der Waals surface area contributed by atoms with Gasteiger partial charge in [0.25, 0.3) is 0 Å². The Morgan fingerprint density at radius 3 is 1.71 bits per heavy atom. The van der Waals surface area contributed by atoms with Crippen LogP contribution in [0.4, 0.5) is 4.11 Å². The lowest BCUT2D eigenvalue weighted by molar-refractivity contribution is 0.00590. The lowest BCUT2D eigenvalue weighted by atomic mass is 10.1. The fourth-order valence-electron chi connectivity index (χ4n) is 2.06. The van der Waals surface area contributed by atoms with Crippen molar-refractivity contribution < 1.29 is 21.5 Å². The molecule has 1 atom stereocenters. The van der Waals surface area contributed by atoms with Gasteiger partial charge >= 0.3 is 18.4 Å². The van der Waals surface area contributed by atoms with Gasteiger partial charge in [-0.1, -0.05) is 45.4 Å². The molecule has 21 heavy (non-hydrogen) atoms. The monoisotopic (exact) mass is 340 g/mol. The first kappa shape index (κ1) is 21.2. The summed E-state index contributed by atoms with van der Waals surface area (Å²) in [7, 11) is -6.05. The molecule has 0 aliphatic heterocycles. The standard InChI is InChI=1S/C14H33FO4Si2/c1-5-9-10-11-12-13-14-20(15)19-21(16-6-2,17-7-3)18-8-4/h20H,5-14H2,1-4H3. The van der Waals surface area contributed by atoms with E-state index >= 15 is 0 Å². The topological polar surface area (TPSA) is 36.9 Å². The minimum Gasteiger partial charge on any atom is -0.369 e. The van der Waals surface area contributed by atoms with Gasteiger partial charge in [0.1, 0.15) is 0 Å². The van der Waals surface area contributed by atoms with Gasteiger partial charge in [-0.3, -0.25) is 4.11 Å². The van der Waals surface area contributed by atoms with Gasteiger partial charge in [-0.25, -0.2) is 0 Å². The molecule has 0 bridgehead atoms. The molecule has 0 N–H and O–H groups in total. The lowest BCUT2D eigenvalue weighted by Gasteiger charge is -2.28. The largest absolute Gasteiger partial charge is 0.670 e. The van der Waals surface area contributed by atoms with Crippen molar-refractivity contribution in [3.63, 3.8) is 0 Å². The minimum absolute atomic E-state index is 0.407. The molecule has 0 rings (SSSR count). The molecular formula is C14H33FO4Si2. The maximum atomic E-state index is 14.2. The van der Waals surface area contributed by atoms with Crippen LogP contribution in [0.1, 0.15) is 66.2 Å². The van der Waals surface area contributed by atoms with Gasteiger partial charge < -0.3 is 17.4 Å². The zero-order valence-corrected chi connectivity index (χ0v) is 16.3. The summed E-state index contributed by atoms with van der Waals surface area (Å²) in [6, 6.07) is 0.508. The van der Waals surface area contributed by atoms with Crippen molar-refractivity contribution in [3.8, 4) is 0 Å². The van der Waals surface area contributed by atoms with Gasteiger partial charge in [0.15, 0.2) is 0 Å². The molecule has 0 aliphatic rings. The van der Waals surface area contributed by atoms with Crippen LogP contribution in [0, 0.1) is 0 Å². The van der Waals surface area contributed by atoms with Crippen molar-refractivity contribution in [2.45, 2.75) is 72.3 Å². The van der Waals surface area contributed by atoms with E-state index in [2.05, 4.69) is 6.92 Å². The van der Waals surface area contributed by atoms with Gasteiger partial charge in [0.05, 0.1) is 0 Å². The summed E-state index contributed by atoms with van der Waals surface area (Å²) >= 11 is 0. The Balaban J connectivity index is 4.10. The van der Waals surface area contributed by atoms with Crippen molar-refractivity contribution >= 4 is 18.4 Å². The fourth-order valence-corrected chi connectivity index (χ4v) is 6.52. The summed E-state index contributed by atoms with van der Waals surface area (Å²) < 4.78 is 36.2. The minimum atomic E-state index is -3.25. The summed E-state index contributed by atoms with van der Waals surface area (Å²) in [4.78, 5) is 0. The average molecular weight is 341 g/mol. The Morgan fingerprint density at radius 1 is 0.762 bits per heavy atom. The second-order valence-corrected chi connectivity index (χ2v) is 9.09. The number of unbranched alkanes of at least 4 members (excludes halogenated alkanes) is 5. The van der Waals surface area contributed by atoms with E-state index in [1.54, 1.807) is 0 Å². The van der Waals surface area contributed by atoms with E-state index < -0.39 is 18.4 Å². The van der Waals surface area contributed by atoms with Gasteiger partial charge in [-0.2, -0.15) is 0 Å². The predicted octanol–water partition coefficient (Wildman–Crippen LogP) is 4.10. The van der Waals surface area contributed by atoms with E-state index in [-0.39, 0.29) is 0 Å². The van der Waals surface area contributed by atoms with E-state index in [0.29, 0.717) is 25.9 Å². The van der Waals surface area contributed by atoms with Gasteiger partial charge in [-0.05, 0) is 26.8 Å². The molecule has 0 radical (unpaired) electrons. The molecule has 0 aromatic heterocycles. The Kier molecular flexibility index (Phi) is 14.0. The van der Waals surface area contributed by atoms with Crippen molar-refractivity contribution in [1.29, 1.82) is 0 Å². The van der Waals surface area contributed by atoms with Crippen molar-refractivity contribution in [2.24, 2.45) is 0 Å². The van der Waals surface area contributed by atoms with E-state index in [9.17, 15) is 4.11 Å². The van der Waals surface area contributed by atoms with Crippen LogP contribution in [-0.2, 0) is 17.4 Å². The van der Waals surface area contributed by atoms with E-state index in [4.69, 9.17) is 17.4 Å². The summed E-state index contributed by atoms with van der Waals surface area (Å²) in [5, 5.41) is 0. The van der Waals surface area contributed by atoms with Gasteiger partial charge in [0.2, 0.25) is 0 Å². The highest BCUT2D eigenvalue weighted by Gasteiger charge is 2.47. The van der Waals surface area contributed by atoms with Gasteiger partial charge in [-0.15, -0.1) is 0 Å². The van der Waals surface area contributed by atoms with Crippen LogP contribution in [0.5, 0.6) is 0 Å². The number of rotatable bonds is 15. The van der Waals surface area contributed by atoms with Crippen molar-refractivity contribution in [1.82, 2.24) is 0 Å². The molecule has 0 aromatic carbocycles. The third kappa shape index (κ3) is 10.5. The Labute approximate surface area is 132 Å². The first-order valence-corrected chi connectivity index (χ1v) is 11.7. The molecule has 0 saturated heterocycles. The highest BCUT2D eigenvalue weighted by molar-refractivity contribution is 6.64. The van der Waals surface area contributed by atoms with Crippen molar-refractivity contribution in [2.75, 3.05) is 19.8 Å². The normalized spacial score (nSPS) is 13.6. The Bertz CT molecular complexity index is 218. The second-order valence-electron chi connectivity index (χ2n) is 4.88. The summed E-state index contributed by atoms with van der Waals surface area (Å²) in [6.07, 6.45) is 6.87. The summed E-state index contributed by atoms with van der Waals surface area (Å²) in [5.74, 6) is 0. The van der Waals surface area contributed by atoms with Crippen molar-refractivity contribution in [3.05, 3.63) is 0 Å². The molecule has 0 heterocycles. The van der Waals surface area contributed by atoms with Crippen LogP contribution in [-0.4, -0.2) is 38.2 Å². The third-order valence-corrected chi connectivity index (χ3v) is 7.99. The van der Waals surface area contributed by atoms with Crippen LogP contribution in [0.25, 0.3) is 0 Å². The fraction of sp³-hybridized carbons (Fsp3) is 1.00. The molecule has 0 aliphatic carbocycles. The van der Waals surface area contributed by atoms with Crippen LogP contribution >= 0.6 is 0 Å². The molecule has 0 fully saturated rings. The molecule has 4 nitrogen and oxygen atoms in total. The Hall–Kier alpha value is 0.204. The molecule has 0 spiro atoms. The van der Waals surface area contributed by atoms with E-state index in [1.807, 2.05) is 20.8 Å². The zero-order valence-electron chi connectivity index (χ0n) is 14.2. The maximum absolute atomic E-state index is 14.2. The maximum Gasteiger partial charge on any atom is 0.670 e. The Morgan fingerprint density at radius 2 is 1.24 bits per heavy atom. The molecule has 7 heteroatoms. The van der Waals surface area contributed by atoms with Gasteiger partial charge in [0, 0.05) is 19.8 Å². The molecule has 0 aromatic rings. The average Bonchev–Trinajstić information content (AvgIpc) is 2.43. The first-order valence-electron chi connectivity index (χ1n) is 8.37. The third-order valence-electron chi connectivity index (χ3n) is 3.02. The quantitative estimate of drug-likeness (QED) is 0.255. The zero-order chi connectivity index (χ0) is 16.0. The molecule has 0 amide bonds. The number of hydrogen-bond donors (Lipinski definition) is 0. The highest BCUT2D eigenvalue weighted by atomic mass is 28.5. The second kappa shape index (κ2) is 13.8. The molecule has 0 saturated carbocycles. The first-order chi connectivity index (χ1) is 10.1. The lowest BCUT2D eigenvalue weighted by Crippen LogP contribution is -2.52. The van der Waals surface area contributed by atoms with Crippen LogP contribution in [0.2, 0.25) is 6.04 Å². The summed E-state index contributed by atoms with van der Waals surface area (Å²) in [6.45, 7) is 8.93. The SMILES string of the molecule is CCCCCCCC[SiH](F)O[Si](OCC)(OCC)OCC. The number of hydrogen-bond acceptors (Lipinski definition) is 4.